The van der Waals surface area contributed by atoms with E-state index in [0.29, 0.717) is 36.5 Å². The quantitative estimate of drug-likeness (QED) is 0.689. The van der Waals surface area contributed by atoms with Crippen LogP contribution in [0, 0.1) is 11.3 Å². The maximum Gasteiger partial charge on any atom is 0.245 e. The number of fused-ring (bicyclic) bond motifs is 1. The first-order valence-corrected chi connectivity index (χ1v) is 7.73. The van der Waals surface area contributed by atoms with Crippen LogP contribution in [0.4, 0.5) is 5.95 Å². The van der Waals surface area contributed by atoms with Gasteiger partial charge in [0.05, 0.1) is 30.3 Å². The third-order valence-electron chi connectivity index (χ3n) is 3.59. The average molecular weight is 335 g/mol. The number of hydrogen-bond donors (Lipinski definition) is 1. The summed E-state index contributed by atoms with van der Waals surface area (Å²) >= 11 is 0. The molecule has 25 heavy (non-hydrogen) atoms. The van der Waals surface area contributed by atoms with Crippen LogP contribution >= 0.6 is 0 Å². The Morgan fingerprint density at radius 1 is 1.04 bits per heavy atom. The molecule has 0 saturated heterocycles. The molecule has 126 valence electrons. The Morgan fingerprint density at radius 2 is 1.84 bits per heavy atom. The van der Waals surface area contributed by atoms with E-state index in [9.17, 15) is 0 Å². The summed E-state index contributed by atoms with van der Waals surface area (Å²) in [5.74, 6) is 0.470. The number of hydrogen-bond acceptors (Lipinski definition) is 7. The molecule has 3 rings (SSSR count). The summed E-state index contributed by atoms with van der Waals surface area (Å²) in [6.07, 6.45) is 0.385. The van der Waals surface area contributed by atoms with Gasteiger partial charge in [-0.1, -0.05) is 24.3 Å². The molecule has 0 amide bonds. The first-order valence-electron chi connectivity index (χ1n) is 7.73. The number of anilines is 1. The number of aromatic nitrogens is 3. The molecule has 2 N–H and O–H groups in total. The van der Waals surface area contributed by atoms with Crippen LogP contribution in [0.25, 0.3) is 22.3 Å². The lowest BCUT2D eigenvalue weighted by Crippen LogP contribution is -2.08. The minimum absolute atomic E-state index is 0.135. The molecule has 0 aliphatic rings. The summed E-state index contributed by atoms with van der Waals surface area (Å²) in [6, 6.07) is 13.5. The molecule has 0 atom stereocenters. The fourth-order valence-corrected chi connectivity index (χ4v) is 2.37. The summed E-state index contributed by atoms with van der Waals surface area (Å²) in [4.78, 5) is 13.0. The number of nitrogens with zero attached hydrogens (tertiary/aromatic N) is 4. The van der Waals surface area contributed by atoms with Crippen molar-refractivity contribution in [1.29, 1.82) is 5.26 Å². The van der Waals surface area contributed by atoms with Crippen molar-refractivity contribution in [2.24, 2.45) is 0 Å². The minimum Gasteiger partial charge on any atom is -0.474 e. The van der Waals surface area contributed by atoms with Crippen LogP contribution in [0.3, 0.4) is 0 Å². The van der Waals surface area contributed by atoms with Gasteiger partial charge >= 0.3 is 0 Å². The molecule has 7 heteroatoms. The standard InChI is InChI=1S/C18H17N5O2/c1-24-10-11-25-17-16-15(22-18(20)23-17)7-6-14(21-16)13-4-2-12(3-5-13)8-9-19/h2-7H,8,10-11H2,1H3,(H2,20,22,23). The van der Waals surface area contributed by atoms with E-state index < -0.39 is 0 Å². The lowest BCUT2D eigenvalue weighted by molar-refractivity contribution is 0.144. The third kappa shape index (κ3) is 3.82. The summed E-state index contributed by atoms with van der Waals surface area (Å²) < 4.78 is 10.6. The summed E-state index contributed by atoms with van der Waals surface area (Å²) in [5.41, 5.74) is 9.56. The molecule has 2 heterocycles. The number of methoxy groups -OCH3 is 1. The molecule has 0 fully saturated rings. The number of pyridine rings is 1. The molecule has 1 aromatic carbocycles. The van der Waals surface area contributed by atoms with Crippen LogP contribution in [0.15, 0.2) is 36.4 Å². The Kier molecular flexibility index (Phi) is 5.02. The van der Waals surface area contributed by atoms with Crippen molar-refractivity contribution in [3.05, 3.63) is 42.0 Å². The van der Waals surface area contributed by atoms with Crippen molar-refractivity contribution < 1.29 is 9.47 Å². The van der Waals surface area contributed by atoms with Crippen molar-refractivity contribution in [3.8, 4) is 23.2 Å². The van der Waals surface area contributed by atoms with Crippen molar-refractivity contribution in [3.63, 3.8) is 0 Å². The van der Waals surface area contributed by atoms with E-state index >= 15 is 0 Å². The van der Waals surface area contributed by atoms with Crippen LogP contribution in [0.1, 0.15) is 5.56 Å². The van der Waals surface area contributed by atoms with Crippen molar-refractivity contribution in [2.45, 2.75) is 6.42 Å². The summed E-state index contributed by atoms with van der Waals surface area (Å²) in [5, 5.41) is 8.76. The monoisotopic (exact) mass is 335 g/mol. The largest absolute Gasteiger partial charge is 0.474 e. The second kappa shape index (κ2) is 7.55. The highest BCUT2D eigenvalue weighted by molar-refractivity contribution is 5.83. The van der Waals surface area contributed by atoms with Gasteiger partial charge in [0.25, 0.3) is 0 Å². The van der Waals surface area contributed by atoms with Gasteiger partial charge < -0.3 is 15.2 Å². The molecule has 7 nitrogen and oxygen atoms in total. The molecular formula is C18H17N5O2. The van der Waals surface area contributed by atoms with Gasteiger partial charge in [-0.05, 0) is 17.7 Å². The lowest BCUT2D eigenvalue weighted by Gasteiger charge is -2.09. The highest BCUT2D eigenvalue weighted by atomic mass is 16.5. The topological polar surface area (TPSA) is 107 Å². The van der Waals surface area contributed by atoms with Gasteiger partial charge in [-0.2, -0.15) is 10.2 Å². The number of benzene rings is 1. The zero-order valence-corrected chi connectivity index (χ0v) is 13.8. The van der Waals surface area contributed by atoms with E-state index in [0.717, 1.165) is 16.8 Å². The molecule has 3 aromatic rings. The highest BCUT2D eigenvalue weighted by Crippen LogP contribution is 2.26. The van der Waals surface area contributed by atoms with Gasteiger partial charge in [0.1, 0.15) is 6.61 Å². The predicted octanol–water partition coefficient (Wildman–Crippen LogP) is 2.37. The Morgan fingerprint density at radius 3 is 2.56 bits per heavy atom. The first-order chi connectivity index (χ1) is 12.2. The second-order valence-corrected chi connectivity index (χ2v) is 5.32. The van der Waals surface area contributed by atoms with Crippen LogP contribution in [-0.2, 0) is 11.2 Å². The number of nitrogens with two attached hydrogens (primary N) is 1. The molecule has 0 unspecified atom stereocenters. The summed E-state index contributed by atoms with van der Waals surface area (Å²) in [7, 11) is 1.60. The van der Waals surface area contributed by atoms with Crippen LogP contribution in [0.2, 0.25) is 0 Å². The Labute approximate surface area is 145 Å². The van der Waals surface area contributed by atoms with Crippen LogP contribution < -0.4 is 10.5 Å². The SMILES string of the molecule is COCCOc1nc(N)nc2ccc(-c3ccc(CC#N)cc3)nc12. The molecule has 0 saturated carbocycles. The first kappa shape index (κ1) is 16.6. The number of nitrogen functional groups attached to an aromatic ring is 1. The molecule has 0 spiro atoms. The fraction of sp³-hybridized carbons (Fsp3) is 0.222. The Balaban J connectivity index is 1.98. The van der Waals surface area contributed by atoms with Crippen molar-refractivity contribution >= 4 is 17.0 Å². The Bertz CT molecular complexity index is 919. The van der Waals surface area contributed by atoms with Gasteiger partial charge in [0, 0.05) is 12.7 Å². The van der Waals surface area contributed by atoms with Gasteiger partial charge in [0.2, 0.25) is 11.8 Å². The second-order valence-electron chi connectivity index (χ2n) is 5.32. The van der Waals surface area contributed by atoms with E-state index in [1.54, 1.807) is 7.11 Å². The van der Waals surface area contributed by atoms with Crippen molar-refractivity contribution in [1.82, 2.24) is 15.0 Å². The van der Waals surface area contributed by atoms with E-state index in [4.69, 9.17) is 20.5 Å². The smallest absolute Gasteiger partial charge is 0.245 e. The average Bonchev–Trinajstić information content (AvgIpc) is 2.62. The fourth-order valence-electron chi connectivity index (χ4n) is 2.37. The number of rotatable bonds is 6. The maximum atomic E-state index is 8.76. The van der Waals surface area contributed by atoms with Gasteiger partial charge in [-0.15, -0.1) is 0 Å². The van der Waals surface area contributed by atoms with Crippen molar-refractivity contribution in [2.75, 3.05) is 26.1 Å². The van der Waals surface area contributed by atoms with E-state index in [-0.39, 0.29) is 5.95 Å². The van der Waals surface area contributed by atoms with Gasteiger partial charge in [-0.3, -0.25) is 0 Å². The van der Waals surface area contributed by atoms with Crippen LogP contribution in [0.5, 0.6) is 5.88 Å². The van der Waals surface area contributed by atoms with Gasteiger partial charge in [-0.25, -0.2) is 9.97 Å². The molecule has 0 radical (unpaired) electrons. The van der Waals surface area contributed by atoms with E-state index in [1.165, 1.54) is 0 Å². The molecule has 0 aliphatic carbocycles. The molecular weight excluding hydrogens is 318 g/mol. The number of ether oxygens (including phenoxy) is 2. The Hall–Kier alpha value is -3.24. The molecule has 0 bridgehead atoms. The van der Waals surface area contributed by atoms with Gasteiger partial charge in [0.15, 0.2) is 5.52 Å². The third-order valence-corrected chi connectivity index (χ3v) is 3.59. The minimum atomic E-state index is 0.135. The lowest BCUT2D eigenvalue weighted by atomic mass is 10.1. The maximum absolute atomic E-state index is 8.76. The zero-order chi connectivity index (χ0) is 17.6. The summed E-state index contributed by atoms with van der Waals surface area (Å²) in [6.45, 7) is 0.780. The zero-order valence-electron chi connectivity index (χ0n) is 13.8. The highest BCUT2D eigenvalue weighted by Gasteiger charge is 2.11. The van der Waals surface area contributed by atoms with E-state index in [1.807, 2.05) is 36.4 Å². The number of nitriles is 1. The van der Waals surface area contributed by atoms with Crippen LogP contribution in [-0.4, -0.2) is 35.3 Å². The molecule has 0 aliphatic heterocycles. The predicted molar refractivity (Wildman–Crippen MR) is 93.9 cm³/mol. The molecule has 2 aromatic heterocycles. The normalized spacial score (nSPS) is 10.6. The van der Waals surface area contributed by atoms with E-state index in [2.05, 4.69) is 21.0 Å².